The summed E-state index contributed by atoms with van der Waals surface area (Å²) in [4.78, 5) is 25.7. The Morgan fingerprint density at radius 2 is 1.61 bits per heavy atom. The largest absolute Gasteiger partial charge is 0.371 e. The van der Waals surface area contributed by atoms with Crippen LogP contribution in [-0.2, 0) is 6.42 Å². The van der Waals surface area contributed by atoms with E-state index in [4.69, 9.17) is 0 Å². The van der Waals surface area contributed by atoms with Gasteiger partial charge in [0.2, 0.25) is 0 Å². The molecule has 0 amide bonds. The predicted octanol–water partition coefficient (Wildman–Crippen LogP) is 1.82. The third-order valence-electron chi connectivity index (χ3n) is 4.61. The molecular formula is C18H16N2O3. The van der Waals surface area contributed by atoms with E-state index < -0.39 is 6.23 Å². The molecule has 0 radical (unpaired) electrons. The summed E-state index contributed by atoms with van der Waals surface area (Å²) in [5.41, 5.74) is 3.04. The first-order valence-corrected chi connectivity index (χ1v) is 7.54. The normalized spacial score (nSPS) is 16.2. The molecule has 0 fully saturated rings. The van der Waals surface area contributed by atoms with Crippen LogP contribution >= 0.6 is 0 Å². The van der Waals surface area contributed by atoms with Crippen LogP contribution in [0, 0.1) is 13.8 Å². The molecule has 23 heavy (non-hydrogen) atoms. The van der Waals surface area contributed by atoms with Crippen LogP contribution in [-0.4, -0.2) is 14.5 Å². The Hall–Kier alpha value is -2.66. The third-order valence-corrected chi connectivity index (χ3v) is 4.61. The second kappa shape index (κ2) is 4.67. The highest BCUT2D eigenvalue weighted by atomic mass is 16.3. The van der Waals surface area contributed by atoms with Gasteiger partial charge in [-0.15, -0.1) is 0 Å². The SMILES string of the molecule is Cc1cc2c(cc1C)-n1c(=O)c3ccccc3c(=O)n1C(O)C2. The molecule has 0 bridgehead atoms. The Labute approximate surface area is 132 Å². The molecule has 1 N–H and O–H groups in total. The Kier molecular flexibility index (Phi) is 2.83. The van der Waals surface area contributed by atoms with E-state index >= 15 is 0 Å². The molecule has 0 saturated heterocycles. The molecule has 5 nitrogen and oxygen atoms in total. The minimum Gasteiger partial charge on any atom is -0.371 e. The average Bonchev–Trinajstić information content (AvgIpc) is 2.53. The summed E-state index contributed by atoms with van der Waals surface area (Å²) in [7, 11) is 0. The van der Waals surface area contributed by atoms with Gasteiger partial charge in [-0.3, -0.25) is 9.59 Å². The van der Waals surface area contributed by atoms with Crippen molar-refractivity contribution in [2.24, 2.45) is 0 Å². The standard InChI is InChI=1S/C18H16N2O3/c1-10-7-12-9-16(21)20-18(23)14-6-4-3-5-13(14)17(22)19(20)15(12)8-11(10)2/h3-8,16,21H,9H2,1-2H3. The highest BCUT2D eigenvalue weighted by Gasteiger charge is 2.26. The Morgan fingerprint density at radius 1 is 1.00 bits per heavy atom. The summed E-state index contributed by atoms with van der Waals surface area (Å²) >= 11 is 0. The van der Waals surface area contributed by atoms with Crippen LogP contribution in [0.5, 0.6) is 0 Å². The van der Waals surface area contributed by atoms with Crippen LogP contribution in [0.25, 0.3) is 16.5 Å². The fourth-order valence-corrected chi connectivity index (χ4v) is 3.28. The molecule has 116 valence electrons. The lowest BCUT2D eigenvalue weighted by Gasteiger charge is -2.28. The molecule has 0 saturated carbocycles. The second-order valence-corrected chi connectivity index (χ2v) is 6.06. The zero-order valence-electron chi connectivity index (χ0n) is 12.9. The number of aromatic nitrogens is 2. The summed E-state index contributed by atoms with van der Waals surface area (Å²) < 4.78 is 2.49. The van der Waals surface area contributed by atoms with Crippen molar-refractivity contribution in [3.63, 3.8) is 0 Å². The summed E-state index contributed by atoms with van der Waals surface area (Å²) in [5, 5.41) is 11.1. The monoisotopic (exact) mass is 308 g/mol. The van der Waals surface area contributed by atoms with E-state index in [-0.39, 0.29) is 11.1 Å². The average molecular weight is 308 g/mol. The van der Waals surface area contributed by atoms with Gasteiger partial charge in [-0.05, 0) is 48.7 Å². The smallest absolute Gasteiger partial charge is 0.278 e. The highest BCUT2D eigenvalue weighted by molar-refractivity contribution is 5.80. The number of fused-ring (bicyclic) bond motifs is 4. The van der Waals surface area contributed by atoms with Crippen molar-refractivity contribution in [2.45, 2.75) is 26.5 Å². The maximum Gasteiger partial charge on any atom is 0.278 e. The van der Waals surface area contributed by atoms with E-state index in [0.29, 0.717) is 22.9 Å². The minimum atomic E-state index is -1.05. The van der Waals surface area contributed by atoms with Gasteiger partial charge in [0.15, 0.2) is 6.23 Å². The number of nitrogens with zero attached hydrogens (tertiary/aromatic N) is 2. The van der Waals surface area contributed by atoms with E-state index in [2.05, 4.69) is 0 Å². The lowest BCUT2D eigenvalue weighted by Crippen LogP contribution is -2.43. The fourth-order valence-electron chi connectivity index (χ4n) is 3.28. The molecule has 0 spiro atoms. The zero-order valence-corrected chi connectivity index (χ0v) is 12.9. The fraction of sp³-hybridized carbons (Fsp3) is 0.222. The van der Waals surface area contributed by atoms with Crippen LogP contribution in [0.2, 0.25) is 0 Å². The molecule has 0 aliphatic carbocycles. The van der Waals surface area contributed by atoms with Crippen LogP contribution in [0.15, 0.2) is 46.0 Å². The van der Waals surface area contributed by atoms with E-state index in [1.165, 1.54) is 9.36 Å². The first kappa shape index (κ1) is 14.0. The topological polar surface area (TPSA) is 64.2 Å². The van der Waals surface area contributed by atoms with E-state index in [0.717, 1.165) is 16.7 Å². The first-order valence-electron chi connectivity index (χ1n) is 7.54. The van der Waals surface area contributed by atoms with Gasteiger partial charge in [0.25, 0.3) is 11.1 Å². The number of rotatable bonds is 0. The molecule has 3 aromatic rings. The molecule has 2 heterocycles. The maximum atomic E-state index is 12.9. The number of aliphatic hydroxyl groups excluding tert-OH is 1. The van der Waals surface area contributed by atoms with Crippen molar-refractivity contribution in [2.75, 3.05) is 0 Å². The summed E-state index contributed by atoms with van der Waals surface area (Å²) in [5.74, 6) is 0. The molecule has 1 aliphatic heterocycles. The molecule has 5 heteroatoms. The first-order chi connectivity index (χ1) is 11.0. The van der Waals surface area contributed by atoms with Gasteiger partial charge in [-0.2, -0.15) is 0 Å². The van der Waals surface area contributed by atoms with Gasteiger partial charge in [0.05, 0.1) is 16.5 Å². The lowest BCUT2D eigenvalue weighted by atomic mass is 9.99. The summed E-state index contributed by atoms with van der Waals surface area (Å²) in [6.07, 6.45) is -0.733. The zero-order chi connectivity index (χ0) is 16.3. The Bertz CT molecular complexity index is 1080. The van der Waals surface area contributed by atoms with E-state index in [9.17, 15) is 14.7 Å². The molecule has 1 aliphatic rings. The van der Waals surface area contributed by atoms with Crippen molar-refractivity contribution >= 4 is 10.8 Å². The highest BCUT2D eigenvalue weighted by Crippen LogP contribution is 2.27. The minimum absolute atomic E-state index is 0.288. The van der Waals surface area contributed by atoms with E-state index in [1.54, 1.807) is 24.3 Å². The second-order valence-electron chi connectivity index (χ2n) is 6.06. The van der Waals surface area contributed by atoms with Crippen LogP contribution < -0.4 is 11.1 Å². The van der Waals surface area contributed by atoms with Gasteiger partial charge in [-0.1, -0.05) is 18.2 Å². The molecule has 1 unspecified atom stereocenters. The summed E-state index contributed by atoms with van der Waals surface area (Å²) in [6, 6.07) is 10.6. The Balaban J connectivity index is 2.23. The van der Waals surface area contributed by atoms with Crippen LogP contribution in [0.1, 0.15) is 22.9 Å². The van der Waals surface area contributed by atoms with Crippen molar-refractivity contribution in [1.29, 1.82) is 0 Å². The number of hydrogen-bond acceptors (Lipinski definition) is 3. The van der Waals surface area contributed by atoms with Gasteiger partial charge < -0.3 is 5.11 Å². The predicted molar refractivity (Wildman–Crippen MR) is 88.2 cm³/mol. The molecule has 1 aromatic heterocycles. The lowest BCUT2D eigenvalue weighted by molar-refractivity contribution is 0.0705. The van der Waals surface area contributed by atoms with E-state index in [1.807, 2.05) is 26.0 Å². The van der Waals surface area contributed by atoms with Crippen LogP contribution in [0.4, 0.5) is 0 Å². The molecule has 1 atom stereocenters. The maximum absolute atomic E-state index is 12.9. The number of aryl methyl sites for hydroxylation is 2. The van der Waals surface area contributed by atoms with Crippen LogP contribution in [0.3, 0.4) is 0 Å². The number of benzene rings is 2. The number of hydrogen-bond donors (Lipinski definition) is 1. The summed E-state index contributed by atoms with van der Waals surface area (Å²) in [6.45, 7) is 3.96. The van der Waals surface area contributed by atoms with Gasteiger partial charge in [0.1, 0.15) is 0 Å². The quantitative estimate of drug-likeness (QED) is 0.689. The van der Waals surface area contributed by atoms with Gasteiger partial charge in [-0.25, -0.2) is 9.36 Å². The van der Waals surface area contributed by atoms with Crippen molar-refractivity contribution in [3.8, 4) is 5.69 Å². The van der Waals surface area contributed by atoms with Crippen molar-refractivity contribution < 1.29 is 5.11 Å². The molecule has 2 aromatic carbocycles. The number of aliphatic hydroxyl groups is 1. The molecular weight excluding hydrogens is 292 g/mol. The van der Waals surface area contributed by atoms with Crippen molar-refractivity contribution in [3.05, 3.63) is 73.8 Å². The van der Waals surface area contributed by atoms with Gasteiger partial charge in [0, 0.05) is 6.42 Å². The van der Waals surface area contributed by atoms with Gasteiger partial charge >= 0.3 is 0 Å². The Morgan fingerprint density at radius 3 is 2.30 bits per heavy atom. The van der Waals surface area contributed by atoms with Crippen molar-refractivity contribution in [1.82, 2.24) is 9.36 Å². The molecule has 4 rings (SSSR count). The third kappa shape index (κ3) is 1.83.